The second-order valence-corrected chi connectivity index (χ2v) is 3.73. The monoisotopic (exact) mass is 218 g/mol. The van der Waals surface area contributed by atoms with Gasteiger partial charge in [0.1, 0.15) is 5.82 Å². The quantitative estimate of drug-likeness (QED) is 0.430. The molecule has 1 atom stereocenters. The molecule has 0 radical (unpaired) electrons. The number of benzene rings is 1. The number of halogens is 1. The predicted octanol–water partition coefficient (Wildman–Crippen LogP) is 3.48. The molecule has 1 unspecified atom stereocenters. The molecule has 0 aliphatic rings. The minimum absolute atomic E-state index is 0.120. The van der Waals surface area contributed by atoms with E-state index < -0.39 is 0 Å². The normalized spacial score (nSPS) is 12.4. The summed E-state index contributed by atoms with van der Waals surface area (Å²) < 4.78 is 14.9. The zero-order valence-corrected chi connectivity index (χ0v) is 8.84. The Hall–Kier alpha value is -2.00. The molecule has 2 rings (SSSR count). The van der Waals surface area contributed by atoms with E-state index in [9.17, 15) is 4.39 Å². The lowest BCUT2D eigenvalue weighted by Crippen LogP contribution is -2.08. The summed E-state index contributed by atoms with van der Waals surface area (Å²) in [4.78, 5) is 2.76. The Bertz CT molecular complexity index is 554. The van der Waals surface area contributed by atoms with Crippen LogP contribution < -0.4 is 0 Å². The molecule has 0 saturated carbocycles. The van der Waals surface area contributed by atoms with Crippen molar-refractivity contribution < 1.29 is 4.39 Å². The van der Waals surface area contributed by atoms with Crippen molar-refractivity contribution in [2.45, 2.75) is 19.5 Å². The van der Waals surface area contributed by atoms with Crippen molar-refractivity contribution in [3.8, 4) is 0 Å². The van der Waals surface area contributed by atoms with Crippen molar-refractivity contribution >= 4 is 10.9 Å². The number of rotatable bonds is 3. The molecule has 0 spiro atoms. The summed E-state index contributed by atoms with van der Waals surface area (Å²) in [5.74, 6) is -0.242. The fraction of sp³-hybridized carbons (Fsp3) is 0.273. The third kappa shape index (κ3) is 1.99. The van der Waals surface area contributed by atoms with Gasteiger partial charge in [-0.15, -0.1) is 0 Å². The average molecular weight is 218 g/mol. The number of nitrogens with zero attached hydrogens (tertiary/aromatic N) is 4. The van der Waals surface area contributed by atoms with E-state index >= 15 is 0 Å². The highest BCUT2D eigenvalue weighted by atomic mass is 19.1. The van der Waals surface area contributed by atoms with Crippen molar-refractivity contribution in [3.05, 3.63) is 46.7 Å². The van der Waals surface area contributed by atoms with Gasteiger partial charge in [-0.3, -0.25) is 0 Å². The summed E-state index contributed by atoms with van der Waals surface area (Å²) in [6.07, 6.45) is 1.87. The van der Waals surface area contributed by atoms with Gasteiger partial charge in [-0.25, -0.2) is 4.39 Å². The molecule has 0 amide bonds. The maximum absolute atomic E-state index is 13.0. The van der Waals surface area contributed by atoms with Gasteiger partial charge in [-0.05, 0) is 29.8 Å². The number of azide groups is 1. The number of hydrogen-bond acceptors (Lipinski definition) is 1. The molecular weight excluding hydrogens is 207 g/mol. The zero-order chi connectivity index (χ0) is 11.5. The predicted molar refractivity (Wildman–Crippen MR) is 60.5 cm³/mol. The van der Waals surface area contributed by atoms with Gasteiger partial charge in [0.05, 0.1) is 6.04 Å². The maximum Gasteiger partial charge on any atom is 0.123 e. The van der Waals surface area contributed by atoms with Crippen LogP contribution in [0.2, 0.25) is 0 Å². The fourth-order valence-electron chi connectivity index (χ4n) is 1.74. The maximum atomic E-state index is 13.0. The Morgan fingerprint density at radius 2 is 2.31 bits per heavy atom. The van der Waals surface area contributed by atoms with Gasteiger partial charge in [-0.2, -0.15) is 0 Å². The number of hydrogen-bond donors (Lipinski definition) is 0. The first-order valence-corrected chi connectivity index (χ1v) is 4.99. The van der Waals surface area contributed by atoms with E-state index in [1.54, 1.807) is 6.07 Å². The molecule has 0 fully saturated rings. The topological polar surface area (TPSA) is 53.7 Å². The van der Waals surface area contributed by atoms with E-state index in [0.717, 1.165) is 10.9 Å². The molecule has 0 saturated heterocycles. The molecule has 1 aromatic carbocycles. The first-order valence-electron chi connectivity index (χ1n) is 4.99. The molecule has 0 aliphatic heterocycles. The lowest BCUT2D eigenvalue weighted by Gasteiger charge is -2.07. The van der Waals surface area contributed by atoms with Crippen molar-refractivity contribution in [2.75, 3.05) is 0 Å². The largest absolute Gasteiger partial charge is 0.347 e. The van der Waals surface area contributed by atoms with Gasteiger partial charge in [0, 0.05) is 28.6 Å². The molecule has 0 bridgehead atoms. The van der Waals surface area contributed by atoms with Crippen LogP contribution >= 0.6 is 0 Å². The zero-order valence-electron chi connectivity index (χ0n) is 8.84. The van der Waals surface area contributed by atoms with Crippen molar-refractivity contribution in [1.29, 1.82) is 0 Å². The van der Waals surface area contributed by atoms with Crippen LogP contribution in [0.3, 0.4) is 0 Å². The number of fused-ring (bicyclic) bond motifs is 1. The van der Waals surface area contributed by atoms with Gasteiger partial charge in [0.15, 0.2) is 0 Å². The number of aromatic nitrogens is 1. The molecular formula is C11H11FN4. The third-order valence-electron chi connectivity index (χ3n) is 2.44. The molecule has 1 aromatic heterocycles. The highest BCUT2D eigenvalue weighted by Crippen LogP contribution is 2.17. The molecule has 2 aromatic rings. The minimum Gasteiger partial charge on any atom is -0.347 e. The molecule has 1 heterocycles. The summed E-state index contributed by atoms with van der Waals surface area (Å²) in [6.45, 7) is 2.44. The SMILES string of the molecule is CC(Cn1ccc2cc(F)ccc21)N=[N+]=[N-]. The lowest BCUT2D eigenvalue weighted by molar-refractivity contribution is 0.601. The van der Waals surface area contributed by atoms with Gasteiger partial charge in [-0.1, -0.05) is 12.0 Å². The van der Waals surface area contributed by atoms with Crippen LogP contribution in [0.15, 0.2) is 35.6 Å². The minimum atomic E-state index is -0.242. The standard InChI is InChI=1S/C11H11FN4/c1-8(14-15-13)7-16-5-4-9-6-10(12)2-3-11(9)16/h2-6,8H,7H2,1H3. The highest BCUT2D eigenvalue weighted by molar-refractivity contribution is 5.80. The first kappa shape index (κ1) is 10.5. The van der Waals surface area contributed by atoms with Gasteiger partial charge >= 0.3 is 0 Å². The summed E-state index contributed by atoms with van der Waals surface area (Å²) in [7, 11) is 0. The molecule has 0 aliphatic carbocycles. The van der Waals surface area contributed by atoms with Crippen LogP contribution in [-0.4, -0.2) is 10.6 Å². The van der Waals surface area contributed by atoms with E-state index in [4.69, 9.17) is 5.53 Å². The van der Waals surface area contributed by atoms with E-state index in [2.05, 4.69) is 10.0 Å². The highest BCUT2D eigenvalue weighted by Gasteiger charge is 2.05. The smallest absolute Gasteiger partial charge is 0.123 e. The Kier molecular flexibility index (Phi) is 2.79. The summed E-state index contributed by atoms with van der Waals surface area (Å²) in [5, 5.41) is 4.46. The first-order chi connectivity index (χ1) is 7.70. The van der Waals surface area contributed by atoms with Crippen LogP contribution in [0.25, 0.3) is 21.3 Å². The van der Waals surface area contributed by atoms with E-state index in [0.29, 0.717) is 6.54 Å². The van der Waals surface area contributed by atoms with E-state index in [1.807, 2.05) is 23.8 Å². The van der Waals surface area contributed by atoms with E-state index in [1.165, 1.54) is 12.1 Å². The summed E-state index contributed by atoms with van der Waals surface area (Å²) in [6, 6.07) is 6.38. The Morgan fingerprint density at radius 3 is 3.06 bits per heavy atom. The molecule has 4 nitrogen and oxygen atoms in total. The summed E-state index contributed by atoms with van der Waals surface area (Å²) in [5.41, 5.74) is 9.26. The molecule has 5 heteroatoms. The average Bonchev–Trinajstić information content (AvgIpc) is 2.61. The third-order valence-corrected chi connectivity index (χ3v) is 2.44. The van der Waals surface area contributed by atoms with Gasteiger partial charge < -0.3 is 4.57 Å². The van der Waals surface area contributed by atoms with Crippen LogP contribution in [-0.2, 0) is 6.54 Å². The Balaban J connectivity index is 2.35. The Labute approximate surface area is 91.9 Å². The van der Waals surface area contributed by atoms with Gasteiger partial charge in [0.2, 0.25) is 0 Å². The lowest BCUT2D eigenvalue weighted by atomic mass is 10.2. The van der Waals surface area contributed by atoms with Crippen LogP contribution in [0.4, 0.5) is 4.39 Å². The van der Waals surface area contributed by atoms with Crippen LogP contribution in [0, 0.1) is 5.82 Å². The molecule has 82 valence electrons. The molecule has 16 heavy (non-hydrogen) atoms. The van der Waals surface area contributed by atoms with Gasteiger partial charge in [0.25, 0.3) is 0 Å². The van der Waals surface area contributed by atoms with Crippen LogP contribution in [0.1, 0.15) is 6.92 Å². The summed E-state index contributed by atoms with van der Waals surface area (Å²) >= 11 is 0. The van der Waals surface area contributed by atoms with E-state index in [-0.39, 0.29) is 11.9 Å². The second kappa shape index (κ2) is 4.24. The molecule has 0 N–H and O–H groups in total. The second-order valence-electron chi connectivity index (χ2n) is 3.73. The van der Waals surface area contributed by atoms with Crippen molar-refractivity contribution in [3.63, 3.8) is 0 Å². The van der Waals surface area contributed by atoms with Crippen molar-refractivity contribution in [2.24, 2.45) is 5.11 Å². The Morgan fingerprint density at radius 1 is 1.50 bits per heavy atom. The van der Waals surface area contributed by atoms with Crippen LogP contribution in [0.5, 0.6) is 0 Å². The fourth-order valence-corrected chi connectivity index (χ4v) is 1.74. The van der Waals surface area contributed by atoms with Crippen molar-refractivity contribution in [1.82, 2.24) is 4.57 Å².